The Bertz CT molecular complexity index is 490. The van der Waals surface area contributed by atoms with Gasteiger partial charge in [-0.15, -0.1) is 6.42 Å². The zero-order chi connectivity index (χ0) is 13.0. The number of likely N-dealkylation sites (tertiary alicyclic amines) is 1. The molecule has 0 bridgehead atoms. The number of nitrogens with one attached hydrogen (secondary N) is 1. The van der Waals surface area contributed by atoms with Crippen LogP contribution in [0.25, 0.3) is 0 Å². The Labute approximate surface area is 106 Å². The summed E-state index contributed by atoms with van der Waals surface area (Å²) in [7, 11) is 0. The Morgan fingerprint density at radius 3 is 2.67 bits per heavy atom. The summed E-state index contributed by atoms with van der Waals surface area (Å²) in [6.45, 7) is 0.810. The van der Waals surface area contributed by atoms with Crippen molar-refractivity contribution in [3.05, 3.63) is 35.9 Å². The molecule has 2 amide bonds. The molecule has 0 saturated carbocycles. The minimum atomic E-state index is -0.383. The van der Waals surface area contributed by atoms with Crippen LogP contribution in [0.15, 0.2) is 30.3 Å². The SMILES string of the molecule is C#CCNC(=O)[C@@H]1CCN1C(=O)c1ccccc1. The number of hydrogen-bond donors (Lipinski definition) is 1. The van der Waals surface area contributed by atoms with Crippen LogP contribution in [0.3, 0.4) is 0 Å². The highest BCUT2D eigenvalue weighted by Crippen LogP contribution is 2.20. The maximum atomic E-state index is 12.1. The van der Waals surface area contributed by atoms with E-state index in [9.17, 15) is 9.59 Å². The third-order valence-corrected chi connectivity index (χ3v) is 2.97. The van der Waals surface area contributed by atoms with Crippen molar-refractivity contribution >= 4 is 11.8 Å². The minimum absolute atomic E-state index is 0.109. The molecule has 0 unspecified atom stereocenters. The van der Waals surface area contributed by atoms with Gasteiger partial charge in [0, 0.05) is 12.1 Å². The fourth-order valence-corrected chi connectivity index (χ4v) is 1.91. The van der Waals surface area contributed by atoms with E-state index in [-0.39, 0.29) is 24.4 Å². The van der Waals surface area contributed by atoms with Crippen LogP contribution in [-0.4, -0.2) is 35.8 Å². The normalized spacial score (nSPS) is 17.5. The van der Waals surface area contributed by atoms with Gasteiger partial charge in [0.2, 0.25) is 5.91 Å². The lowest BCUT2D eigenvalue weighted by Gasteiger charge is -2.39. The molecule has 0 aliphatic carbocycles. The van der Waals surface area contributed by atoms with Crippen LogP contribution in [0.5, 0.6) is 0 Å². The molecule has 1 heterocycles. The Morgan fingerprint density at radius 1 is 1.39 bits per heavy atom. The summed E-state index contributed by atoms with van der Waals surface area (Å²) in [4.78, 5) is 25.4. The molecule has 1 fully saturated rings. The van der Waals surface area contributed by atoms with E-state index in [0.29, 0.717) is 18.5 Å². The monoisotopic (exact) mass is 242 g/mol. The highest BCUT2D eigenvalue weighted by Gasteiger charge is 2.37. The van der Waals surface area contributed by atoms with E-state index < -0.39 is 0 Å². The summed E-state index contributed by atoms with van der Waals surface area (Å²) in [6, 6.07) is 8.57. The van der Waals surface area contributed by atoms with Crippen molar-refractivity contribution < 1.29 is 9.59 Å². The highest BCUT2D eigenvalue weighted by atomic mass is 16.2. The molecule has 1 aromatic rings. The molecule has 0 radical (unpaired) electrons. The van der Waals surface area contributed by atoms with Gasteiger partial charge in [-0.2, -0.15) is 0 Å². The predicted molar refractivity (Wildman–Crippen MR) is 67.7 cm³/mol. The molecule has 1 saturated heterocycles. The molecule has 1 atom stereocenters. The molecule has 1 aromatic carbocycles. The van der Waals surface area contributed by atoms with E-state index in [1.807, 2.05) is 6.07 Å². The average molecular weight is 242 g/mol. The molecule has 18 heavy (non-hydrogen) atoms. The second-order valence-corrected chi connectivity index (χ2v) is 4.09. The average Bonchev–Trinajstić information content (AvgIpc) is 2.36. The fraction of sp³-hybridized carbons (Fsp3) is 0.286. The maximum Gasteiger partial charge on any atom is 0.254 e. The molecule has 1 N–H and O–H groups in total. The van der Waals surface area contributed by atoms with Crippen molar-refractivity contribution in [2.45, 2.75) is 12.5 Å². The second-order valence-electron chi connectivity index (χ2n) is 4.09. The molecular formula is C14H14N2O2. The van der Waals surface area contributed by atoms with Crippen LogP contribution in [0.1, 0.15) is 16.8 Å². The van der Waals surface area contributed by atoms with Gasteiger partial charge in [0.15, 0.2) is 0 Å². The standard InChI is InChI=1S/C14H14N2O2/c1-2-9-15-13(17)12-8-10-16(12)14(18)11-6-4-3-5-7-11/h1,3-7,12H,8-10H2,(H,15,17)/t12-/m0/s1. The third-order valence-electron chi connectivity index (χ3n) is 2.97. The van der Waals surface area contributed by atoms with Gasteiger partial charge in [0.1, 0.15) is 6.04 Å². The number of amides is 2. The lowest BCUT2D eigenvalue weighted by molar-refractivity contribution is -0.128. The van der Waals surface area contributed by atoms with Crippen molar-refractivity contribution in [2.24, 2.45) is 0 Å². The number of benzene rings is 1. The summed E-state index contributed by atoms with van der Waals surface area (Å²) in [6.07, 6.45) is 5.77. The van der Waals surface area contributed by atoms with Crippen LogP contribution in [-0.2, 0) is 4.79 Å². The van der Waals surface area contributed by atoms with Crippen molar-refractivity contribution in [1.29, 1.82) is 0 Å². The molecule has 92 valence electrons. The third kappa shape index (κ3) is 2.35. The van der Waals surface area contributed by atoms with Gasteiger partial charge < -0.3 is 10.2 Å². The number of rotatable bonds is 3. The van der Waals surface area contributed by atoms with Gasteiger partial charge in [0.25, 0.3) is 5.91 Å². The van der Waals surface area contributed by atoms with E-state index in [0.717, 1.165) is 0 Å². The van der Waals surface area contributed by atoms with Gasteiger partial charge in [0.05, 0.1) is 6.54 Å². The van der Waals surface area contributed by atoms with Crippen LogP contribution in [0.2, 0.25) is 0 Å². The van der Waals surface area contributed by atoms with Crippen LogP contribution >= 0.6 is 0 Å². The van der Waals surface area contributed by atoms with Crippen LogP contribution in [0.4, 0.5) is 0 Å². The fourth-order valence-electron chi connectivity index (χ4n) is 1.91. The quantitative estimate of drug-likeness (QED) is 0.791. The summed E-state index contributed by atoms with van der Waals surface area (Å²) >= 11 is 0. The Morgan fingerprint density at radius 2 is 2.11 bits per heavy atom. The Hall–Kier alpha value is -2.28. The maximum absolute atomic E-state index is 12.1. The summed E-state index contributed by atoms with van der Waals surface area (Å²) in [5.74, 6) is 2.06. The van der Waals surface area contributed by atoms with Crippen molar-refractivity contribution in [3.63, 3.8) is 0 Å². The molecule has 1 aliphatic rings. The predicted octanol–water partition coefficient (Wildman–Crippen LogP) is 0.650. The van der Waals surface area contributed by atoms with Gasteiger partial charge in [-0.05, 0) is 18.6 Å². The zero-order valence-corrected chi connectivity index (χ0v) is 9.93. The lowest BCUT2D eigenvalue weighted by atomic mass is 10.0. The van der Waals surface area contributed by atoms with Crippen LogP contribution in [0, 0.1) is 12.3 Å². The van der Waals surface area contributed by atoms with Gasteiger partial charge >= 0.3 is 0 Å². The Kier molecular flexibility index (Phi) is 3.63. The van der Waals surface area contributed by atoms with Crippen molar-refractivity contribution in [1.82, 2.24) is 10.2 Å². The van der Waals surface area contributed by atoms with Gasteiger partial charge in [-0.25, -0.2) is 0 Å². The van der Waals surface area contributed by atoms with E-state index in [2.05, 4.69) is 11.2 Å². The molecular weight excluding hydrogens is 228 g/mol. The molecule has 4 nitrogen and oxygen atoms in total. The zero-order valence-electron chi connectivity index (χ0n) is 9.93. The first-order valence-corrected chi connectivity index (χ1v) is 5.81. The molecule has 0 spiro atoms. The number of carbonyl (C=O) groups excluding carboxylic acids is 2. The Balaban J connectivity index is 2.00. The smallest absolute Gasteiger partial charge is 0.254 e. The van der Waals surface area contributed by atoms with E-state index in [1.54, 1.807) is 29.2 Å². The number of nitrogens with zero attached hydrogens (tertiary/aromatic N) is 1. The van der Waals surface area contributed by atoms with E-state index in [4.69, 9.17) is 6.42 Å². The number of carbonyl (C=O) groups is 2. The van der Waals surface area contributed by atoms with Gasteiger partial charge in [-0.3, -0.25) is 9.59 Å². The van der Waals surface area contributed by atoms with Crippen molar-refractivity contribution in [2.75, 3.05) is 13.1 Å². The summed E-state index contributed by atoms with van der Waals surface area (Å²) in [5, 5.41) is 2.60. The van der Waals surface area contributed by atoms with E-state index in [1.165, 1.54) is 0 Å². The summed E-state index contributed by atoms with van der Waals surface area (Å²) in [5.41, 5.74) is 0.604. The molecule has 1 aliphatic heterocycles. The lowest BCUT2D eigenvalue weighted by Crippen LogP contribution is -2.58. The first-order valence-electron chi connectivity index (χ1n) is 5.81. The first-order chi connectivity index (χ1) is 8.74. The number of hydrogen-bond acceptors (Lipinski definition) is 2. The summed E-state index contributed by atoms with van der Waals surface area (Å²) < 4.78 is 0. The topological polar surface area (TPSA) is 49.4 Å². The van der Waals surface area contributed by atoms with Gasteiger partial charge in [-0.1, -0.05) is 24.1 Å². The largest absolute Gasteiger partial charge is 0.343 e. The second kappa shape index (κ2) is 5.37. The van der Waals surface area contributed by atoms with E-state index >= 15 is 0 Å². The molecule has 4 heteroatoms. The van der Waals surface area contributed by atoms with Crippen LogP contribution < -0.4 is 5.32 Å². The van der Waals surface area contributed by atoms with Crippen molar-refractivity contribution in [3.8, 4) is 12.3 Å². The molecule has 0 aromatic heterocycles. The molecule has 2 rings (SSSR count). The first kappa shape index (κ1) is 12.2. The highest BCUT2D eigenvalue weighted by molar-refractivity contribution is 5.98. The number of terminal acetylenes is 1. The minimum Gasteiger partial charge on any atom is -0.343 e.